The number of ether oxygens (including phenoxy) is 2. The summed E-state index contributed by atoms with van der Waals surface area (Å²) in [6.07, 6.45) is 1.80. The van der Waals surface area contributed by atoms with E-state index in [1.807, 2.05) is 12.1 Å². The lowest BCUT2D eigenvalue weighted by molar-refractivity contribution is 0.0170. The first kappa shape index (κ1) is 25.9. The van der Waals surface area contributed by atoms with Crippen LogP contribution in [0.2, 0.25) is 0 Å². The number of methoxy groups -OCH3 is 1. The van der Waals surface area contributed by atoms with Crippen molar-refractivity contribution < 1.29 is 17.9 Å². The van der Waals surface area contributed by atoms with Crippen molar-refractivity contribution in [1.29, 1.82) is 0 Å². The minimum absolute atomic E-state index is 0. The summed E-state index contributed by atoms with van der Waals surface area (Å²) in [5, 5.41) is 6.55. The minimum Gasteiger partial charge on any atom is -0.497 e. The molecule has 1 saturated heterocycles. The third-order valence-corrected chi connectivity index (χ3v) is 5.69. The highest BCUT2D eigenvalue weighted by Crippen LogP contribution is 2.23. The Morgan fingerprint density at radius 1 is 1.24 bits per heavy atom. The molecule has 1 aromatic carbocycles. The Morgan fingerprint density at radius 3 is 2.45 bits per heavy atom. The normalized spacial score (nSPS) is 16.6. The van der Waals surface area contributed by atoms with Gasteiger partial charge in [0, 0.05) is 39.5 Å². The van der Waals surface area contributed by atoms with Crippen LogP contribution in [0, 0.1) is 0 Å². The summed E-state index contributed by atoms with van der Waals surface area (Å²) in [5.41, 5.74) is 1.20. The van der Waals surface area contributed by atoms with Crippen LogP contribution in [0.3, 0.4) is 0 Å². The highest BCUT2D eigenvalue weighted by molar-refractivity contribution is 14.0. The predicted octanol–water partition coefficient (Wildman–Crippen LogP) is 1.29. The SMILES string of the molecule is CN=C(NCCCS(C)(=O)=O)NCC(c1ccc(OC)cc1)N1CCOCC1.I. The zero-order valence-corrected chi connectivity index (χ0v) is 20.5. The lowest BCUT2D eigenvalue weighted by Gasteiger charge is -2.35. The number of guanidine groups is 1. The molecule has 1 unspecified atom stereocenters. The van der Waals surface area contributed by atoms with Crippen LogP contribution < -0.4 is 15.4 Å². The van der Waals surface area contributed by atoms with Gasteiger partial charge in [0.05, 0.1) is 32.1 Å². The number of nitrogens with one attached hydrogen (secondary N) is 2. The van der Waals surface area contributed by atoms with Gasteiger partial charge in [-0.05, 0) is 24.1 Å². The van der Waals surface area contributed by atoms with Gasteiger partial charge < -0.3 is 20.1 Å². The van der Waals surface area contributed by atoms with Gasteiger partial charge in [0.15, 0.2) is 5.96 Å². The molecular formula is C19H33IN4O4S. The second kappa shape index (κ2) is 13.2. The molecule has 0 aromatic heterocycles. The van der Waals surface area contributed by atoms with Crippen LogP contribution in [0.4, 0.5) is 0 Å². The molecule has 1 aromatic rings. The van der Waals surface area contributed by atoms with E-state index >= 15 is 0 Å². The average Bonchev–Trinajstić information content (AvgIpc) is 2.70. The van der Waals surface area contributed by atoms with E-state index in [-0.39, 0.29) is 35.8 Å². The van der Waals surface area contributed by atoms with Crippen LogP contribution in [0.5, 0.6) is 5.75 Å². The number of benzene rings is 1. The van der Waals surface area contributed by atoms with Crippen LogP contribution in [0.15, 0.2) is 29.3 Å². The first-order valence-electron chi connectivity index (χ1n) is 9.51. The van der Waals surface area contributed by atoms with Crippen LogP contribution >= 0.6 is 24.0 Å². The summed E-state index contributed by atoms with van der Waals surface area (Å²) < 4.78 is 33.2. The molecule has 0 amide bonds. The average molecular weight is 540 g/mol. The fraction of sp³-hybridized carbons (Fsp3) is 0.632. The Labute approximate surface area is 191 Å². The molecule has 166 valence electrons. The maximum Gasteiger partial charge on any atom is 0.191 e. The summed E-state index contributed by atoms with van der Waals surface area (Å²) in [6, 6.07) is 8.29. The number of hydrogen-bond acceptors (Lipinski definition) is 6. The largest absolute Gasteiger partial charge is 0.497 e. The molecule has 29 heavy (non-hydrogen) atoms. The fourth-order valence-electron chi connectivity index (χ4n) is 3.13. The highest BCUT2D eigenvalue weighted by atomic mass is 127. The maximum absolute atomic E-state index is 11.2. The molecule has 0 bridgehead atoms. The van der Waals surface area contributed by atoms with Gasteiger partial charge >= 0.3 is 0 Å². The van der Waals surface area contributed by atoms with Crippen LogP contribution in [-0.2, 0) is 14.6 Å². The smallest absolute Gasteiger partial charge is 0.191 e. The van der Waals surface area contributed by atoms with Crippen molar-refractivity contribution in [2.45, 2.75) is 12.5 Å². The van der Waals surface area contributed by atoms with Gasteiger partial charge in [-0.2, -0.15) is 0 Å². The molecule has 1 aliphatic heterocycles. The van der Waals surface area contributed by atoms with Gasteiger partial charge in [0.2, 0.25) is 0 Å². The Balaban J connectivity index is 0.00000420. The summed E-state index contributed by atoms with van der Waals surface area (Å²) in [6.45, 7) is 4.43. The molecule has 1 heterocycles. The van der Waals surface area contributed by atoms with Gasteiger partial charge in [0.25, 0.3) is 0 Å². The van der Waals surface area contributed by atoms with Gasteiger partial charge in [-0.3, -0.25) is 9.89 Å². The second-order valence-corrected chi connectivity index (χ2v) is 9.06. The van der Waals surface area contributed by atoms with E-state index in [2.05, 4.69) is 32.7 Å². The number of nitrogens with zero attached hydrogens (tertiary/aromatic N) is 2. The van der Waals surface area contributed by atoms with Crippen molar-refractivity contribution >= 4 is 39.8 Å². The fourth-order valence-corrected chi connectivity index (χ4v) is 3.80. The summed E-state index contributed by atoms with van der Waals surface area (Å²) in [5.74, 6) is 1.67. The second-order valence-electron chi connectivity index (χ2n) is 6.80. The Hall–Kier alpha value is -1.11. The topological polar surface area (TPSA) is 92.3 Å². The molecule has 1 aliphatic rings. The summed E-state index contributed by atoms with van der Waals surface area (Å²) in [4.78, 5) is 6.64. The molecule has 2 N–H and O–H groups in total. The van der Waals surface area contributed by atoms with Gasteiger partial charge in [-0.25, -0.2) is 8.42 Å². The van der Waals surface area contributed by atoms with Crippen molar-refractivity contribution in [3.8, 4) is 5.75 Å². The molecule has 1 fully saturated rings. The zero-order valence-electron chi connectivity index (χ0n) is 17.4. The molecule has 2 rings (SSSR count). The quantitative estimate of drug-likeness (QED) is 0.211. The van der Waals surface area contributed by atoms with E-state index in [1.54, 1.807) is 14.2 Å². The third-order valence-electron chi connectivity index (χ3n) is 4.66. The predicted molar refractivity (Wildman–Crippen MR) is 127 cm³/mol. The number of halogens is 1. The number of rotatable bonds is 9. The molecule has 0 spiro atoms. The van der Waals surface area contributed by atoms with E-state index in [0.29, 0.717) is 25.5 Å². The lowest BCUT2D eigenvalue weighted by atomic mass is 10.0. The zero-order chi connectivity index (χ0) is 20.4. The number of morpholine rings is 1. The summed E-state index contributed by atoms with van der Waals surface area (Å²) in [7, 11) is 0.434. The summed E-state index contributed by atoms with van der Waals surface area (Å²) >= 11 is 0. The van der Waals surface area contributed by atoms with Gasteiger partial charge in [-0.1, -0.05) is 12.1 Å². The Morgan fingerprint density at radius 2 is 1.90 bits per heavy atom. The Kier molecular flexibility index (Phi) is 11.8. The van der Waals surface area contributed by atoms with Crippen LogP contribution in [0.1, 0.15) is 18.0 Å². The van der Waals surface area contributed by atoms with Crippen molar-refractivity contribution in [3.05, 3.63) is 29.8 Å². The van der Waals surface area contributed by atoms with E-state index in [4.69, 9.17) is 9.47 Å². The monoisotopic (exact) mass is 540 g/mol. The Bertz CT molecular complexity index is 722. The minimum atomic E-state index is -2.94. The van der Waals surface area contributed by atoms with Crippen LogP contribution in [0.25, 0.3) is 0 Å². The molecule has 10 heteroatoms. The number of hydrogen-bond donors (Lipinski definition) is 2. The molecule has 8 nitrogen and oxygen atoms in total. The molecule has 0 radical (unpaired) electrons. The van der Waals surface area contributed by atoms with E-state index in [9.17, 15) is 8.42 Å². The molecular weight excluding hydrogens is 507 g/mol. The lowest BCUT2D eigenvalue weighted by Crippen LogP contribution is -2.46. The molecule has 0 aliphatic carbocycles. The third kappa shape index (κ3) is 9.49. The van der Waals surface area contributed by atoms with Crippen LogP contribution in [-0.4, -0.2) is 84.8 Å². The maximum atomic E-state index is 11.2. The van der Waals surface area contributed by atoms with Crippen molar-refractivity contribution in [2.24, 2.45) is 4.99 Å². The first-order chi connectivity index (χ1) is 13.4. The van der Waals surface area contributed by atoms with Crippen molar-refractivity contribution in [2.75, 3.05) is 65.6 Å². The molecule has 1 atom stereocenters. The number of sulfone groups is 1. The standard InChI is InChI=1S/C19H32N4O4S.HI/c1-20-19(21-9-4-14-28(3,24)25)22-15-18(23-10-12-27-13-11-23)16-5-7-17(26-2)8-6-16;/h5-8,18H,4,9-15H2,1-3H3,(H2,20,21,22);1H. The van der Waals surface area contributed by atoms with Gasteiger partial charge in [0.1, 0.15) is 15.6 Å². The van der Waals surface area contributed by atoms with Crippen molar-refractivity contribution in [1.82, 2.24) is 15.5 Å². The number of aliphatic imine (C=N–C) groups is 1. The van der Waals surface area contributed by atoms with Crippen molar-refractivity contribution in [3.63, 3.8) is 0 Å². The first-order valence-corrected chi connectivity index (χ1v) is 11.6. The van der Waals surface area contributed by atoms with E-state index in [1.165, 1.54) is 11.8 Å². The molecule has 0 saturated carbocycles. The highest BCUT2D eigenvalue weighted by Gasteiger charge is 2.23. The van der Waals surface area contributed by atoms with E-state index in [0.717, 1.165) is 32.1 Å². The van der Waals surface area contributed by atoms with Gasteiger partial charge in [-0.15, -0.1) is 24.0 Å². The van der Waals surface area contributed by atoms with E-state index < -0.39 is 9.84 Å².